The van der Waals surface area contributed by atoms with E-state index < -0.39 is 0 Å². The van der Waals surface area contributed by atoms with Gasteiger partial charge < -0.3 is 15.2 Å². The molecule has 0 saturated heterocycles. The van der Waals surface area contributed by atoms with Gasteiger partial charge in [-0.25, -0.2) is 4.98 Å². The minimum Gasteiger partial charge on any atom is -0.419 e. The molecular formula is C10H13N5O2. The van der Waals surface area contributed by atoms with Crippen LogP contribution in [0.4, 0.5) is 5.82 Å². The molecule has 0 saturated carbocycles. The summed E-state index contributed by atoms with van der Waals surface area (Å²) in [6.07, 6.45) is 0. The highest BCUT2D eigenvalue weighted by molar-refractivity contribution is 5.34. The van der Waals surface area contributed by atoms with E-state index in [1.165, 1.54) is 6.07 Å². The molecule has 3 N–H and O–H groups in total. The highest BCUT2D eigenvalue weighted by Gasteiger charge is 2.06. The van der Waals surface area contributed by atoms with E-state index in [-0.39, 0.29) is 6.61 Å². The largest absolute Gasteiger partial charge is 0.419 e. The lowest BCUT2D eigenvalue weighted by molar-refractivity contribution is 0.177. The Bertz CT molecular complexity index is 511. The van der Waals surface area contributed by atoms with Crippen molar-refractivity contribution in [1.29, 1.82) is 0 Å². The van der Waals surface area contributed by atoms with Gasteiger partial charge in [-0.05, 0) is 6.92 Å². The molecule has 7 nitrogen and oxygen atoms in total. The van der Waals surface area contributed by atoms with Crippen LogP contribution < -0.4 is 10.5 Å². The Morgan fingerprint density at radius 3 is 2.76 bits per heavy atom. The first kappa shape index (κ1) is 11.3. The van der Waals surface area contributed by atoms with Crippen molar-refractivity contribution in [3.8, 4) is 11.8 Å². The summed E-state index contributed by atoms with van der Waals surface area (Å²) >= 11 is 0. The van der Waals surface area contributed by atoms with E-state index in [9.17, 15) is 0 Å². The van der Waals surface area contributed by atoms with Crippen LogP contribution in [-0.4, -0.2) is 27.3 Å². The predicted molar refractivity (Wildman–Crippen MR) is 60.6 cm³/mol. The van der Waals surface area contributed by atoms with Crippen LogP contribution in [0.3, 0.4) is 0 Å². The molecule has 0 aliphatic heterocycles. The number of hydrogen-bond acceptors (Lipinski definition) is 6. The summed E-state index contributed by atoms with van der Waals surface area (Å²) in [4.78, 5) is 8.14. The molecule has 0 fully saturated rings. The van der Waals surface area contributed by atoms with Crippen LogP contribution in [0, 0.1) is 6.92 Å². The lowest BCUT2D eigenvalue weighted by Crippen LogP contribution is -2.02. The first-order valence-corrected chi connectivity index (χ1v) is 4.99. The summed E-state index contributed by atoms with van der Waals surface area (Å²) < 4.78 is 10.4. The van der Waals surface area contributed by atoms with Crippen LogP contribution in [0.25, 0.3) is 0 Å². The molecule has 2 aromatic heterocycles. The zero-order valence-electron chi connectivity index (χ0n) is 9.60. The number of methoxy groups -OCH3 is 1. The normalized spacial score (nSPS) is 10.5. The maximum absolute atomic E-state index is 5.63. The van der Waals surface area contributed by atoms with Crippen molar-refractivity contribution in [3.05, 3.63) is 23.7 Å². The van der Waals surface area contributed by atoms with E-state index in [2.05, 4.69) is 20.2 Å². The molecule has 0 amide bonds. The standard InChI is InChI=1S/C10H13N5O2/c1-6-3-10(15-14-6)17-9-4-7(11)12-8(13-9)5-16-2/h3-4H,5H2,1-2H3,(H,14,15)(H2,11,12,13). The number of H-pyrrole nitrogens is 1. The van der Waals surface area contributed by atoms with E-state index in [1.807, 2.05) is 6.92 Å². The van der Waals surface area contributed by atoms with E-state index >= 15 is 0 Å². The van der Waals surface area contributed by atoms with Gasteiger partial charge in [-0.1, -0.05) is 0 Å². The van der Waals surface area contributed by atoms with Crippen LogP contribution in [0.15, 0.2) is 12.1 Å². The van der Waals surface area contributed by atoms with E-state index in [0.29, 0.717) is 23.4 Å². The Kier molecular flexibility index (Phi) is 3.20. The number of aryl methyl sites for hydroxylation is 1. The third-order valence-corrected chi connectivity index (χ3v) is 1.93. The molecule has 0 aliphatic rings. The van der Waals surface area contributed by atoms with Gasteiger partial charge in [0.05, 0.1) is 0 Å². The van der Waals surface area contributed by atoms with Gasteiger partial charge in [0.1, 0.15) is 12.4 Å². The van der Waals surface area contributed by atoms with Crippen molar-refractivity contribution < 1.29 is 9.47 Å². The van der Waals surface area contributed by atoms with Gasteiger partial charge >= 0.3 is 0 Å². The van der Waals surface area contributed by atoms with Crippen LogP contribution in [0.1, 0.15) is 11.5 Å². The number of aromatic amines is 1. The SMILES string of the molecule is COCc1nc(N)cc(Oc2cc(C)[nH]n2)n1. The second kappa shape index (κ2) is 4.79. The van der Waals surface area contributed by atoms with Crippen molar-refractivity contribution in [3.63, 3.8) is 0 Å². The minimum absolute atomic E-state index is 0.279. The quantitative estimate of drug-likeness (QED) is 0.821. The van der Waals surface area contributed by atoms with Crippen LogP contribution in [-0.2, 0) is 11.3 Å². The number of nitrogen functional groups attached to an aromatic ring is 1. The van der Waals surface area contributed by atoms with Gasteiger partial charge in [-0.3, -0.25) is 5.10 Å². The smallest absolute Gasteiger partial charge is 0.240 e. The number of nitrogens with one attached hydrogen (secondary N) is 1. The molecule has 0 atom stereocenters. The Morgan fingerprint density at radius 1 is 1.29 bits per heavy atom. The summed E-state index contributed by atoms with van der Waals surface area (Å²) in [7, 11) is 1.56. The monoisotopic (exact) mass is 235 g/mol. The van der Waals surface area contributed by atoms with Crippen molar-refractivity contribution in [2.24, 2.45) is 0 Å². The Labute approximate surface area is 98.0 Å². The molecule has 0 aromatic carbocycles. The molecule has 0 bridgehead atoms. The molecule has 7 heteroatoms. The molecule has 0 aliphatic carbocycles. The molecule has 0 spiro atoms. The predicted octanol–water partition coefficient (Wildman–Crippen LogP) is 1.03. The number of hydrogen-bond donors (Lipinski definition) is 2. The number of ether oxygens (including phenoxy) is 2. The van der Waals surface area contributed by atoms with Crippen molar-refractivity contribution in [1.82, 2.24) is 20.2 Å². The average Bonchev–Trinajstić information content (AvgIpc) is 2.63. The van der Waals surface area contributed by atoms with Crippen molar-refractivity contribution >= 4 is 5.82 Å². The van der Waals surface area contributed by atoms with Gasteiger partial charge in [0.2, 0.25) is 11.8 Å². The van der Waals surface area contributed by atoms with E-state index in [1.54, 1.807) is 13.2 Å². The average molecular weight is 235 g/mol. The summed E-state index contributed by atoms with van der Waals surface area (Å²) in [6, 6.07) is 3.29. The topological polar surface area (TPSA) is 98.9 Å². The fourth-order valence-electron chi connectivity index (χ4n) is 1.29. The third kappa shape index (κ3) is 2.91. The summed E-state index contributed by atoms with van der Waals surface area (Å²) in [6.45, 7) is 2.16. The van der Waals surface area contributed by atoms with Crippen LogP contribution in [0.2, 0.25) is 0 Å². The summed E-state index contributed by atoms with van der Waals surface area (Å²) in [5.74, 6) is 1.57. The molecule has 2 aromatic rings. The number of rotatable bonds is 4. The van der Waals surface area contributed by atoms with Gasteiger partial charge in [0, 0.05) is 24.9 Å². The lowest BCUT2D eigenvalue weighted by atomic mass is 10.5. The molecule has 2 rings (SSSR count). The number of anilines is 1. The molecule has 0 radical (unpaired) electrons. The third-order valence-electron chi connectivity index (χ3n) is 1.93. The number of aromatic nitrogens is 4. The van der Waals surface area contributed by atoms with Crippen LogP contribution in [0.5, 0.6) is 11.8 Å². The zero-order valence-corrected chi connectivity index (χ0v) is 9.60. The summed E-state index contributed by atoms with van der Waals surface area (Å²) in [5.41, 5.74) is 6.54. The fraction of sp³-hybridized carbons (Fsp3) is 0.300. The van der Waals surface area contributed by atoms with Gasteiger partial charge in [0.15, 0.2) is 5.82 Å². The van der Waals surface area contributed by atoms with Gasteiger partial charge in [0.25, 0.3) is 0 Å². The number of nitrogens with zero attached hydrogens (tertiary/aromatic N) is 3. The highest BCUT2D eigenvalue weighted by Crippen LogP contribution is 2.19. The fourth-order valence-corrected chi connectivity index (χ4v) is 1.29. The lowest BCUT2D eigenvalue weighted by Gasteiger charge is -2.04. The molecule has 90 valence electrons. The maximum Gasteiger partial charge on any atom is 0.240 e. The second-order valence-corrected chi connectivity index (χ2v) is 3.47. The molecule has 0 unspecified atom stereocenters. The zero-order chi connectivity index (χ0) is 12.3. The maximum atomic E-state index is 5.63. The summed E-state index contributed by atoms with van der Waals surface area (Å²) in [5, 5.41) is 6.71. The Balaban J connectivity index is 2.20. The van der Waals surface area contributed by atoms with Gasteiger partial charge in [-0.2, -0.15) is 4.98 Å². The molecular weight excluding hydrogens is 222 g/mol. The first-order valence-electron chi connectivity index (χ1n) is 4.99. The first-order chi connectivity index (χ1) is 8.17. The minimum atomic E-state index is 0.279. The van der Waals surface area contributed by atoms with Crippen molar-refractivity contribution in [2.45, 2.75) is 13.5 Å². The molecule has 17 heavy (non-hydrogen) atoms. The molecule has 2 heterocycles. The Hall–Kier alpha value is -2.15. The van der Waals surface area contributed by atoms with E-state index in [0.717, 1.165) is 5.69 Å². The van der Waals surface area contributed by atoms with Crippen LogP contribution >= 0.6 is 0 Å². The van der Waals surface area contributed by atoms with E-state index in [4.69, 9.17) is 15.2 Å². The Morgan fingerprint density at radius 2 is 2.12 bits per heavy atom. The highest BCUT2D eigenvalue weighted by atomic mass is 16.5. The second-order valence-electron chi connectivity index (χ2n) is 3.47. The van der Waals surface area contributed by atoms with Crippen molar-refractivity contribution in [2.75, 3.05) is 12.8 Å². The van der Waals surface area contributed by atoms with Gasteiger partial charge in [-0.15, -0.1) is 5.10 Å². The number of nitrogens with two attached hydrogens (primary N) is 1.